The predicted molar refractivity (Wildman–Crippen MR) is 57.6 cm³/mol. The number of aromatic hydroxyl groups is 1. The number of piperidine rings is 1. The molecule has 2 nitrogen and oxygen atoms in total. The molecule has 1 aromatic carbocycles. The van der Waals surface area contributed by atoms with Gasteiger partial charge < -0.3 is 10.4 Å². The SMILES string of the molecule is CC1(c2ccccc2O)NCCCC1(F)F. The van der Waals surface area contributed by atoms with E-state index in [-0.39, 0.29) is 17.7 Å². The number of hydrogen-bond acceptors (Lipinski definition) is 2. The van der Waals surface area contributed by atoms with Crippen LogP contribution in [0.25, 0.3) is 0 Å². The van der Waals surface area contributed by atoms with Crippen LogP contribution in [0.3, 0.4) is 0 Å². The molecular weight excluding hydrogens is 212 g/mol. The lowest BCUT2D eigenvalue weighted by atomic mass is 9.80. The highest BCUT2D eigenvalue weighted by atomic mass is 19.3. The zero-order valence-corrected chi connectivity index (χ0v) is 9.13. The third-order valence-electron chi connectivity index (χ3n) is 3.32. The van der Waals surface area contributed by atoms with Crippen LogP contribution in [0.2, 0.25) is 0 Å². The standard InChI is InChI=1S/C12H15F2NO/c1-11(9-5-2-3-6-10(9)16)12(13,14)7-4-8-15-11/h2-3,5-6,15-16H,4,7-8H2,1H3. The average molecular weight is 227 g/mol. The van der Waals surface area contributed by atoms with Crippen molar-refractivity contribution in [3.8, 4) is 5.75 Å². The van der Waals surface area contributed by atoms with E-state index in [2.05, 4.69) is 5.32 Å². The van der Waals surface area contributed by atoms with Gasteiger partial charge in [0.25, 0.3) is 5.92 Å². The number of phenols is 1. The van der Waals surface area contributed by atoms with E-state index in [1.54, 1.807) is 18.2 Å². The Morgan fingerprint density at radius 3 is 2.62 bits per heavy atom. The van der Waals surface area contributed by atoms with Gasteiger partial charge in [0, 0.05) is 12.0 Å². The van der Waals surface area contributed by atoms with Crippen molar-refractivity contribution >= 4 is 0 Å². The number of para-hydroxylation sites is 1. The molecule has 2 N–H and O–H groups in total. The summed E-state index contributed by atoms with van der Waals surface area (Å²) in [7, 11) is 0. The molecule has 1 unspecified atom stereocenters. The van der Waals surface area contributed by atoms with Crippen LogP contribution < -0.4 is 5.32 Å². The van der Waals surface area contributed by atoms with Gasteiger partial charge in [-0.2, -0.15) is 0 Å². The summed E-state index contributed by atoms with van der Waals surface area (Å²) in [5, 5.41) is 12.5. The Hall–Kier alpha value is -1.16. The topological polar surface area (TPSA) is 32.3 Å². The second-order valence-electron chi connectivity index (χ2n) is 4.38. The van der Waals surface area contributed by atoms with E-state index < -0.39 is 11.5 Å². The number of halogens is 2. The first kappa shape index (κ1) is 11.3. The maximum atomic E-state index is 13.9. The molecule has 16 heavy (non-hydrogen) atoms. The smallest absolute Gasteiger partial charge is 0.269 e. The molecule has 1 heterocycles. The Bertz CT molecular complexity index is 394. The van der Waals surface area contributed by atoms with Crippen molar-refractivity contribution in [2.24, 2.45) is 0 Å². The molecule has 0 aliphatic carbocycles. The van der Waals surface area contributed by atoms with E-state index >= 15 is 0 Å². The van der Waals surface area contributed by atoms with Crippen LogP contribution in [0, 0.1) is 0 Å². The highest BCUT2D eigenvalue weighted by Crippen LogP contribution is 2.45. The lowest BCUT2D eigenvalue weighted by Gasteiger charge is -2.42. The zero-order chi connectivity index (χ0) is 11.8. The molecule has 1 aromatic rings. The van der Waals surface area contributed by atoms with E-state index in [0.29, 0.717) is 13.0 Å². The number of nitrogens with one attached hydrogen (secondary N) is 1. The molecule has 0 bridgehead atoms. The van der Waals surface area contributed by atoms with Crippen LogP contribution in [0.4, 0.5) is 8.78 Å². The molecule has 1 fully saturated rings. The maximum absolute atomic E-state index is 13.9. The quantitative estimate of drug-likeness (QED) is 0.773. The summed E-state index contributed by atoms with van der Waals surface area (Å²) in [5.41, 5.74) is -1.21. The number of rotatable bonds is 1. The van der Waals surface area contributed by atoms with Gasteiger partial charge in [-0.15, -0.1) is 0 Å². The summed E-state index contributed by atoms with van der Waals surface area (Å²) in [6.07, 6.45) is 0.307. The highest BCUT2D eigenvalue weighted by molar-refractivity contribution is 5.39. The minimum Gasteiger partial charge on any atom is -0.508 e. The van der Waals surface area contributed by atoms with Gasteiger partial charge in [0.1, 0.15) is 11.3 Å². The first-order chi connectivity index (χ1) is 7.47. The largest absolute Gasteiger partial charge is 0.508 e. The van der Waals surface area contributed by atoms with Crippen LogP contribution in [0.15, 0.2) is 24.3 Å². The lowest BCUT2D eigenvalue weighted by Crippen LogP contribution is -2.57. The minimum absolute atomic E-state index is 0.0842. The average Bonchev–Trinajstić information content (AvgIpc) is 2.23. The third-order valence-corrected chi connectivity index (χ3v) is 3.32. The van der Waals surface area contributed by atoms with E-state index in [1.165, 1.54) is 13.0 Å². The monoisotopic (exact) mass is 227 g/mol. The molecule has 1 saturated heterocycles. The Morgan fingerprint density at radius 2 is 2.00 bits per heavy atom. The van der Waals surface area contributed by atoms with Gasteiger partial charge in [-0.25, -0.2) is 8.78 Å². The van der Waals surface area contributed by atoms with Crippen LogP contribution >= 0.6 is 0 Å². The Morgan fingerprint density at radius 1 is 1.31 bits per heavy atom. The molecule has 88 valence electrons. The fraction of sp³-hybridized carbons (Fsp3) is 0.500. The molecule has 1 aliphatic rings. The van der Waals surface area contributed by atoms with E-state index in [0.717, 1.165) is 0 Å². The van der Waals surface area contributed by atoms with Crippen molar-refractivity contribution in [3.63, 3.8) is 0 Å². The Balaban J connectivity index is 2.48. The molecule has 0 saturated carbocycles. The first-order valence-electron chi connectivity index (χ1n) is 5.39. The van der Waals surface area contributed by atoms with Gasteiger partial charge in [0.15, 0.2) is 0 Å². The predicted octanol–water partition coefficient (Wildman–Crippen LogP) is 2.63. The number of alkyl halides is 2. The van der Waals surface area contributed by atoms with Crippen molar-refractivity contribution in [2.45, 2.75) is 31.2 Å². The van der Waals surface area contributed by atoms with Gasteiger partial charge in [0.05, 0.1) is 0 Å². The number of benzene rings is 1. The molecule has 2 rings (SSSR count). The third kappa shape index (κ3) is 1.57. The summed E-state index contributed by atoms with van der Waals surface area (Å²) in [6.45, 7) is 1.99. The number of phenolic OH excluding ortho intramolecular Hbond substituents is 1. The first-order valence-corrected chi connectivity index (χ1v) is 5.39. The molecule has 4 heteroatoms. The molecule has 0 aromatic heterocycles. The fourth-order valence-electron chi connectivity index (χ4n) is 2.22. The Labute approximate surface area is 93.3 Å². The van der Waals surface area contributed by atoms with E-state index in [1.807, 2.05) is 0 Å². The van der Waals surface area contributed by atoms with Crippen LogP contribution in [-0.2, 0) is 5.54 Å². The summed E-state index contributed by atoms with van der Waals surface area (Å²) < 4.78 is 27.9. The van der Waals surface area contributed by atoms with Crippen molar-refractivity contribution in [2.75, 3.05) is 6.54 Å². The van der Waals surface area contributed by atoms with Crippen molar-refractivity contribution in [1.29, 1.82) is 0 Å². The minimum atomic E-state index is -2.84. The fourth-order valence-corrected chi connectivity index (χ4v) is 2.22. The summed E-state index contributed by atoms with van der Waals surface area (Å²) in [5.74, 6) is -2.93. The molecule has 1 aliphatic heterocycles. The molecule has 0 spiro atoms. The maximum Gasteiger partial charge on any atom is 0.269 e. The van der Waals surface area contributed by atoms with Gasteiger partial charge in [-0.05, 0) is 26.0 Å². The van der Waals surface area contributed by atoms with Gasteiger partial charge in [-0.1, -0.05) is 18.2 Å². The molecule has 0 radical (unpaired) electrons. The van der Waals surface area contributed by atoms with Gasteiger partial charge >= 0.3 is 0 Å². The Kier molecular flexibility index (Phi) is 2.62. The van der Waals surface area contributed by atoms with Gasteiger partial charge in [-0.3, -0.25) is 0 Å². The normalized spacial score (nSPS) is 28.9. The molecule has 1 atom stereocenters. The zero-order valence-electron chi connectivity index (χ0n) is 9.13. The summed E-state index contributed by atoms with van der Waals surface area (Å²) >= 11 is 0. The summed E-state index contributed by atoms with van der Waals surface area (Å²) in [6, 6.07) is 6.27. The lowest BCUT2D eigenvalue weighted by molar-refractivity contribution is -0.110. The van der Waals surface area contributed by atoms with Crippen molar-refractivity contribution < 1.29 is 13.9 Å². The second-order valence-corrected chi connectivity index (χ2v) is 4.38. The van der Waals surface area contributed by atoms with E-state index in [4.69, 9.17) is 0 Å². The van der Waals surface area contributed by atoms with Crippen molar-refractivity contribution in [1.82, 2.24) is 5.32 Å². The van der Waals surface area contributed by atoms with E-state index in [9.17, 15) is 13.9 Å². The summed E-state index contributed by atoms with van der Waals surface area (Å²) in [4.78, 5) is 0. The molecular formula is C12H15F2NO. The van der Waals surface area contributed by atoms with Crippen molar-refractivity contribution in [3.05, 3.63) is 29.8 Å². The molecule has 0 amide bonds. The second kappa shape index (κ2) is 3.70. The number of hydrogen-bond donors (Lipinski definition) is 2. The van der Waals surface area contributed by atoms with Crippen LogP contribution in [0.5, 0.6) is 5.75 Å². The van der Waals surface area contributed by atoms with Crippen LogP contribution in [-0.4, -0.2) is 17.6 Å². The van der Waals surface area contributed by atoms with Gasteiger partial charge in [0.2, 0.25) is 0 Å². The highest BCUT2D eigenvalue weighted by Gasteiger charge is 2.53. The van der Waals surface area contributed by atoms with Crippen LogP contribution in [0.1, 0.15) is 25.3 Å².